The second-order valence-electron chi connectivity index (χ2n) is 6.70. The molecule has 0 amide bonds. The third-order valence-electron chi connectivity index (χ3n) is 5.43. The van der Waals surface area contributed by atoms with Crippen molar-refractivity contribution in [2.75, 3.05) is 32.3 Å². The van der Waals surface area contributed by atoms with Gasteiger partial charge in [0.05, 0.1) is 0 Å². The van der Waals surface area contributed by atoms with Crippen LogP contribution in [0.5, 0.6) is 0 Å². The first-order chi connectivity index (χ1) is 8.38. The van der Waals surface area contributed by atoms with Crippen LogP contribution < -0.4 is 5.84 Å². The van der Waals surface area contributed by atoms with Gasteiger partial charge in [-0.3, -0.25) is 0 Å². The van der Waals surface area contributed by atoms with Crippen LogP contribution in [0.4, 0.5) is 0 Å². The molecule has 18 heavy (non-hydrogen) atoms. The first-order valence-electron chi connectivity index (χ1n) is 7.03. The number of hydrogen-bond donors (Lipinski definition) is 1. The Morgan fingerprint density at radius 3 is 2.56 bits per heavy atom. The van der Waals surface area contributed by atoms with Gasteiger partial charge in [-0.1, -0.05) is 0 Å². The van der Waals surface area contributed by atoms with Gasteiger partial charge in [-0.15, -0.1) is 0 Å². The minimum absolute atomic E-state index is 0.656. The molecular weight excluding hydrogens is 239 g/mol. The van der Waals surface area contributed by atoms with Gasteiger partial charge in [0.25, 0.3) is 0 Å². The normalized spacial score (nSPS) is 33.7. The zero-order chi connectivity index (χ0) is 13.6. The molecule has 1 fully saturated rings. The fourth-order valence-electron chi connectivity index (χ4n) is 3.80. The molecule has 3 heteroatoms. The van der Waals surface area contributed by atoms with E-state index in [0.29, 0.717) is 5.92 Å². The van der Waals surface area contributed by atoms with Crippen molar-refractivity contribution < 1.29 is 0 Å². The average molecular weight is 266 g/mol. The van der Waals surface area contributed by atoms with E-state index in [2.05, 4.69) is 26.4 Å². The molecule has 2 aliphatic rings. The van der Waals surface area contributed by atoms with Crippen LogP contribution in [-0.4, -0.2) is 43.0 Å². The van der Waals surface area contributed by atoms with Gasteiger partial charge < -0.3 is 0 Å². The molecule has 2 N–H and O–H groups in total. The monoisotopic (exact) mass is 266 g/mol. The van der Waals surface area contributed by atoms with E-state index in [9.17, 15) is 0 Å². The third kappa shape index (κ3) is 2.14. The van der Waals surface area contributed by atoms with E-state index in [1.807, 2.05) is 12.1 Å². The molecule has 0 spiro atoms. The number of rotatable bonds is 6. The number of nitrogens with two attached hydrogens (primary N) is 1. The predicted molar refractivity (Wildman–Crippen MR) is 83.1 cm³/mol. The van der Waals surface area contributed by atoms with Crippen LogP contribution in [0, 0.1) is 18.3 Å². The zero-order valence-electron chi connectivity index (χ0n) is 12.2. The van der Waals surface area contributed by atoms with Crippen LogP contribution in [0.15, 0.2) is 11.1 Å². The van der Waals surface area contributed by atoms with Gasteiger partial charge in [-0.25, -0.2) is 0 Å². The van der Waals surface area contributed by atoms with Crippen LogP contribution in [0.1, 0.15) is 26.7 Å². The number of allylic oxidation sites excluding steroid dienone is 2. The quantitative estimate of drug-likeness (QED) is 0.347. The summed E-state index contributed by atoms with van der Waals surface area (Å²) in [7, 11) is 2.00. The second-order valence-corrected chi connectivity index (χ2v) is 13.6. The molecule has 2 nitrogen and oxygen atoms in total. The Labute approximate surface area is 112 Å². The molecular formula is C15H27N2P. The van der Waals surface area contributed by atoms with Crippen molar-refractivity contribution in [2.24, 2.45) is 11.8 Å². The van der Waals surface area contributed by atoms with E-state index in [-0.39, 0.29) is 0 Å². The predicted octanol–water partition coefficient (Wildman–Crippen LogP) is 2.69. The van der Waals surface area contributed by atoms with E-state index in [1.165, 1.54) is 24.3 Å². The fourth-order valence-corrected chi connectivity index (χ4v) is 9.82. The van der Waals surface area contributed by atoms with E-state index >= 15 is 0 Å². The molecule has 0 radical (unpaired) electrons. The first-order valence-corrected chi connectivity index (χ1v) is 10.3. The van der Waals surface area contributed by atoms with Crippen LogP contribution in [0.2, 0.25) is 0 Å². The van der Waals surface area contributed by atoms with Gasteiger partial charge in [0.2, 0.25) is 0 Å². The Morgan fingerprint density at radius 1 is 1.50 bits per heavy atom. The fraction of sp³-hybridized carbons (Fsp3) is 0.733. The first kappa shape index (κ1) is 14.1. The molecule has 2 rings (SSSR count). The Hall–Kier alpha value is -0.350. The van der Waals surface area contributed by atoms with Crippen molar-refractivity contribution in [3.05, 3.63) is 11.1 Å². The van der Waals surface area contributed by atoms with Crippen molar-refractivity contribution in [3.8, 4) is 12.3 Å². The van der Waals surface area contributed by atoms with Gasteiger partial charge in [0.1, 0.15) is 0 Å². The molecule has 102 valence electrons. The van der Waals surface area contributed by atoms with Crippen molar-refractivity contribution in [3.63, 3.8) is 0 Å². The summed E-state index contributed by atoms with van der Waals surface area (Å²) in [4.78, 5) is 0. The Kier molecular flexibility index (Phi) is 3.39. The molecule has 0 saturated carbocycles. The SMILES string of the molecule is C#CC1=C(CC)C1CC1CP1(C)(CC)CN(C)N. The molecule has 1 heterocycles. The topological polar surface area (TPSA) is 29.3 Å². The van der Waals surface area contributed by atoms with Crippen molar-refractivity contribution in [1.29, 1.82) is 0 Å². The van der Waals surface area contributed by atoms with Gasteiger partial charge in [-0.05, 0) is 0 Å². The van der Waals surface area contributed by atoms with Crippen molar-refractivity contribution >= 4 is 6.60 Å². The molecule has 1 aliphatic heterocycles. The molecule has 0 aromatic rings. The average Bonchev–Trinajstić information content (AvgIpc) is 3.14. The standard InChI is InChI=1S/C15H27N2P/c1-6-13-14(7-2)15(13)9-12-10-18(12,5,8-3)11-17(4)16/h1,12,15H,7-11,16H2,2-5H3. The molecule has 0 aromatic carbocycles. The minimum atomic E-state index is -1.50. The summed E-state index contributed by atoms with van der Waals surface area (Å²) < 4.78 is 0. The number of hydrazine groups is 1. The van der Waals surface area contributed by atoms with Gasteiger partial charge in [0, 0.05) is 0 Å². The number of terminal acetylenes is 1. The summed E-state index contributed by atoms with van der Waals surface area (Å²) in [5, 5.41) is 1.91. The Morgan fingerprint density at radius 2 is 2.17 bits per heavy atom. The Bertz CT molecular complexity index is 434. The summed E-state index contributed by atoms with van der Waals surface area (Å²) >= 11 is 0. The Balaban J connectivity index is 1.97. The van der Waals surface area contributed by atoms with E-state index in [0.717, 1.165) is 18.4 Å². The molecule has 0 aromatic heterocycles. The molecule has 2 unspecified atom stereocenters. The van der Waals surface area contributed by atoms with Crippen molar-refractivity contribution in [1.82, 2.24) is 5.01 Å². The number of hydrogen-bond acceptors (Lipinski definition) is 2. The van der Waals surface area contributed by atoms with Crippen LogP contribution in [0.25, 0.3) is 0 Å². The maximum absolute atomic E-state index is 5.92. The van der Waals surface area contributed by atoms with Gasteiger partial charge in [0.15, 0.2) is 0 Å². The molecule has 2 atom stereocenters. The van der Waals surface area contributed by atoms with Crippen molar-refractivity contribution in [2.45, 2.75) is 32.3 Å². The van der Waals surface area contributed by atoms with Crippen LogP contribution in [0.3, 0.4) is 0 Å². The zero-order valence-corrected chi connectivity index (χ0v) is 13.1. The van der Waals surface area contributed by atoms with E-state index in [4.69, 9.17) is 12.3 Å². The summed E-state index contributed by atoms with van der Waals surface area (Å²) in [5.41, 5.74) is 3.77. The summed E-state index contributed by atoms with van der Waals surface area (Å²) in [6.45, 7) is 5.62. The summed E-state index contributed by atoms with van der Waals surface area (Å²) in [5.74, 6) is 9.46. The third-order valence-corrected chi connectivity index (χ3v) is 12.4. The summed E-state index contributed by atoms with van der Waals surface area (Å²) in [6.07, 6.45) is 11.9. The molecule has 1 saturated heterocycles. The van der Waals surface area contributed by atoms with Crippen LogP contribution in [-0.2, 0) is 0 Å². The van der Waals surface area contributed by atoms with Gasteiger partial charge >= 0.3 is 112 Å². The number of nitrogens with zero attached hydrogens (tertiary/aromatic N) is 1. The maximum atomic E-state index is 5.92. The second kappa shape index (κ2) is 4.34. The van der Waals surface area contributed by atoms with Crippen LogP contribution >= 0.6 is 6.60 Å². The van der Waals surface area contributed by atoms with E-state index < -0.39 is 6.60 Å². The van der Waals surface area contributed by atoms with Gasteiger partial charge in [-0.2, -0.15) is 0 Å². The summed E-state index contributed by atoms with van der Waals surface area (Å²) in [6, 6.07) is 0. The molecule has 0 bridgehead atoms. The molecule has 1 aliphatic carbocycles. The van der Waals surface area contributed by atoms with E-state index in [1.54, 1.807) is 5.57 Å².